The number of hydrogen-bond donors (Lipinski definition) is 1. The van der Waals surface area contributed by atoms with E-state index in [2.05, 4.69) is 0 Å². The molecule has 0 atom stereocenters. The van der Waals surface area contributed by atoms with E-state index in [1.807, 2.05) is 6.07 Å². The first kappa shape index (κ1) is 13.2. The van der Waals surface area contributed by atoms with E-state index in [-0.39, 0.29) is 6.61 Å². The molecule has 0 fully saturated rings. The number of aliphatic hydroxyl groups is 1. The van der Waals surface area contributed by atoms with Crippen molar-refractivity contribution in [1.82, 2.24) is 0 Å². The van der Waals surface area contributed by atoms with Crippen molar-refractivity contribution < 1.29 is 14.6 Å². The molecule has 0 amide bonds. The molecule has 4 nitrogen and oxygen atoms in total. The fourth-order valence-electron chi connectivity index (χ4n) is 1.31. The Bertz CT molecular complexity index is 429. The lowest BCUT2D eigenvalue weighted by atomic mass is 10.1. The molecule has 4 heteroatoms. The Hall–Kier alpha value is -1.86. The van der Waals surface area contributed by atoms with Crippen LogP contribution in [-0.4, -0.2) is 23.3 Å². The highest BCUT2D eigenvalue weighted by atomic mass is 16.6. The highest BCUT2D eigenvalue weighted by Gasteiger charge is 2.22. The highest BCUT2D eigenvalue weighted by Crippen LogP contribution is 2.17. The molecule has 0 unspecified atom stereocenters. The number of benzene rings is 1. The van der Waals surface area contributed by atoms with Crippen LogP contribution >= 0.6 is 0 Å². The van der Waals surface area contributed by atoms with Gasteiger partial charge in [-0.3, -0.25) is 0 Å². The third-order valence-electron chi connectivity index (χ3n) is 2.33. The van der Waals surface area contributed by atoms with Crippen LogP contribution in [0.5, 0.6) is 0 Å². The van der Waals surface area contributed by atoms with E-state index in [1.165, 1.54) is 0 Å². The molecule has 0 saturated carbocycles. The van der Waals surface area contributed by atoms with E-state index in [1.54, 1.807) is 38.1 Å². The monoisotopic (exact) mass is 233 g/mol. The van der Waals surface area contributed by atoms with Crippen molar-refractivity contribution in [1.29, 1.82) is 5.26 Å². The van der Waals surface area contributed by atoms with E-state index in [9.17, 15) is 4.79 Å². The van der Waals surface area contributed by atoms with E-state index in [0.717, 1.165) is 0 Å². The minimum Gasteiger partial charge on any atom is -0.456 e. The number of nitriles is 1. The second-order valence-electron chi connectivity index (χ2n) is 4.31. The quantitative estimate of drug-likeness (QED) is 0.806. The van der Waals surface area contributed by atoms with Crippen molar-refractivity contribution in [3.63, 3.8) is 0 Å². The first-order valence-corrected chi connectivity index (χ1v) is 5.33. The zero-order valence-corrected chi connectivity index (χ0v) is 9.93. The maximum atomic E-state index is 11.7. The lowest BCUT2D eigenvalue weighted by Gasteiger charge is -2.24. The second-order valence-corrected chi connectivity index (χ2v) is 4.31. The molecule has 0 aliphatic rings. The van der Waals surface area contributed by atoms with Crippen LogP contribution in [0.15, 0.2) is 24.3 Å². The zero-order valence-electron chi connectivity index (χ0n) is 9.93. The molecule has 1 aromatic rings. The number of carbonyl (C=O) groups is 1. The summed E-state index contributed by atoms with van der Waals surface area (Å²) in [6.07, 6.45) is 0.384. The number of rotatable bonds is 4. The molecule has 0 aromatic heterocycles. The smallest absolute Gasteiger partial charge is 0.338 e. The lowest BCUT2D eigenvalue weighted by Crippen LogP contribution is -2.29. The van der Waals surface area contributed by atoms with Crippen LogP contribution in [0.25, 0.3) is 0 Å². The van der Waals surface area contributed by atoms with Gasteiger partial charge in [0.2, 0.25) is 0 Å². The van der Waals surface area contributed by atoms with Crippen LogP contribution in [0.3, 0.4) is 0 Å². The number of aliphatic hydroxyl groups excluding tert-OH is 1. The van der Waals surface area contributed by atoms with Crippen LogP contribution in [0.2, 0.25) is 0 Å². The normalized spacial score (nSPS) is 10.7. The Morgan fingerprint density at radius 1 is 1.41 bits per heavy atom. The predicted molar refractivity (Wildman–Crippen MR) is 62.4 cm³/mol. The zero-order chi connectivity index (χ0) is 12.9. The summed E-state index contributed by atoms with van der Waals surface area (Å²) in [6, 6.07) is 8.21. The number of ether oxygens (including phenoxy) is 1. The van der Waals surface area contributed by atoms with Crippen LogP contribution < -0.4 is 0 Å². The molecule has 0 aliphatic heterocycles. The Balaban J connectivity index is 2.73. The fourth-order valence-corrected chi connectivity index (χ4v) is 1.31. The molecule has 17 heavy (non-hydrogen) atoms. The fraction of sp³-hybridized carbons (Fsp3) is 0.385. The van der Waals surface area contributed by atoms with Gasteiger partial charge in [0, 0.05) is 13.0 Å². The van der Waals surface area contributed by atoms with E-state index in [4.69, 9.17) is 15.1 Å². The molecule has 0 radical (unpaired) electrons. The molecule has 0 bridgehead atoms. The molecule has 1 rings (SSSR count). The molecule has 1 aromatic carbocycles. The average molecular weight is 233 g/mol. The highest BCUT2D eigenvalue weighted by molar-refractivity contribution is 5.89. The summed E-state index contributed by atoms with van der Waals surface area (Å²) < 4.78 is 5.26. The van der Waals surface area contributed by atoms with E-state index < -0.39 is 11.6 Å². The van der Waals surface area contributed by atoms with Gasteiger partial charge in [0.15, 0.2) is 0 Å². The van der Waals surface area contributed by atoms with Gasteiger partial charge in [-0.2, -0.15) is 5.26 Å². The second kappa shape index (κ2) is 5.46. The largest absolute Gasteiger partial charge is 0.456 e. The van der Waals surface area contributed by atoms with Crippen LogP contribution in [-0.2, 0) is 4.74 Å². The minimum absolute atomic E-state index is 0.0341. The molecule has 0 spiro atoms. The summed E-state index contributed by atoms with van der Waals surface area (Å²) in [5.41, 5.74) is 0.200. The van der Waals surface area contributed by atoms with Gasteiger partial charge in [0.25, 0.3) is 0 Å². The van der Waals surface area contributed by atoms with Gasteiger partial charge in [-0.05, 0) is 38.1 Å². The molecular formula is C13H15NO3. The van der Waals surface area contributed by atoms with Crippen LogP contribution in [0.1, 0.15) is 36.2 Å². The summed E-state index contributed by atoms with van der Waals surface area (Å²) in [5, 5.41) is 17.5. The van der Waals surface area contributed by atoms with Crippen LogP contribution in [0.4, 0.5) is 0 Å². The van der Waals surface area contributed by atoms with Gasteiger partial charge in [-0.25, -0.2) is 4.79 Å². The molecule has 0 aliphatic carbocycles. The van der Waals surface area contributed by atoms with Crippen molar-refractivity contribution in [3.05, 3.63) is 35.4 Å². The molecule has 1 N–H and O–H groups in total. The number of hydrogen-bond acceptors (Lipinski definition) is 4. The van der Waals surface area contributed by atoms with Crippen molar-refractivity contribution in [2.45, 2.75) is 25.9 Å². The summed E-state index contributed by atoms with van der Waals surface area (Å²) in [6.45, 7) is 3.45. The van der Waals surface area contributed by atoms with Gasteiger partial charge in [0.1, 0.15) is 5.60 Å². The summed E-state index contributed by atoms with van der Waals surface area (Å²) in [4.78, 5) is 11.7. The number of nitrogens with zero attached hydrogens (tertiary/aromatic N) is 1. The van der Waals surface area contributed by atoms with Crippen molar-refractivity contribution in [2.75, 3.05) is 6.61 Å². The van der Waals surface area contributed by atoms with E-state index >= 15 is 0 Å². The molecule has 90 valence electrons. The van der Waals surface area contributed by atoms with Crippen LogP contribution in [0, 0.1) is 11.3 Å². The maximum absolute atomic E-state index is 11.7. The van der Waals surface area contributed by atoms with Gasteiger partial charge in [-0.15, -0.1) is 0 Å². The Morgan fingerprint density at radius 3 is 2.47 bits per heavy atom. The molecule has 0 saturated heterocycles. The van der Waals surface area contributed by atoms with E-state index in [0.29, 0.717) is 17.5 Å². The minimum atomic E-state index is -0.695. The van der Waals surface area contributed by atoms with Gasteiger partial charge in [0.05, 0.1) is 17.2 Å². The summed E-state index contributed by atoms with van der Waals surface area (Å²) in [5.74, 6) is -0.451. The SMILES string of the molecule is CC(C)(CCO)OC(=O)c1ccc(C#N)cc1. The van der Waals surface area contributed by atoms with Crippen molar-refractivity contribution in [3.8, 4) is 6.07 Å². The summed E-state index contributed by atoms with van der Waals surface area (Å²) in [7, 11) is 0. The third-order valence-corrected chi connectivity index (χ3v) is 2.33. The Kier molecular flexibility index (Phi) is 4.24. The predicted octanol–water partition coefficient (Wildman–Crippen LogP) is 1.88. The maximum Gasteiger partial charge on any atom is 0.338 e. The molecule has 0 heterocycles. The molecular weight excluding hydrogens is 218 g/mol. The Morgan fingerprint density at radius 2 is 2.00 bits per heavy atom. The van der Waals surface area contributed by atoms with Crippen molar-refractivity contribution >= 4 is 5.97 Å². The first-order valence-electron chi connectivity index (χ1n) is 5.33. The van der Waals surface area contributed by atoms with Crippen molar-refractivity contribution in [2.24, 2.45) is 0 Å². The standard InChI is InChI=1S/C13H15NO3/c1-13(2,7-8-15)17-12(16)11-5-3-10(9-14)4-6-11/h3-6,15H,7-8H2,1-2H3. The number of esters is 1. The first-order chi connectivity index (χ1) is 7.98. The average Bonchev–Trinajstić information content (AvgIpc) is 2.28. The summed E-state index contributed by atoms with van der Waals surface area (Å²) >= 11 is 0. The lowest BCUT2D eigenvalue weighted by molar-refractivity contribution is -0.0106. The van der Waals surface area contributed by atoms with Gasteiger partial charge >= 0.3 is 5.97 Å². The Labute approximate surface area is 100 Å². The van der Waals surface area contributed by atoms with Gasteiger partial charge in [-0.1, -0.05) is 0 Å². The third kappa shape index (κ3) is 3.89. The number of carbonyl (C=O) groups excluding carboxylic acids is 1. The van der Waals surface area contributed by atoms with Gasteiger partial charge < -0.3 is 9.84 Å². The topological polar surface area (TPSA) is 70.3 Å².